The summed E-state index contributed by atoms with van der Waals surface area (Å²) in [7, 11) is 0. The van der Waals surface area contributed by atoms with Crippen molar-refractivity contribution in [2.75, 3.05) is 0 Å². The average Bonchev–Trinajstić information content (AvgIpc) is 3.32. The average molecular weight is 386 g/mol. The van der Waals surface area contributed by atoms with Gasteiger partial charge in [-0.15, -0.1) is 5.48 Å². The predicted molar refractivity (Wildman–Crippen MR) is 109 cm³/mol. The predicted octanol–water partition coefficient (Wildman–Crippen LogP) is 3.93. The minimum absolute atomic E-state index is 0.321. The fourth-order valence-electron chi connectivity index (χ4n) is 3.07. The number of hydrogen-bond acceptors (Lipinski definition) is 5. The van der Waals surface area contributed by atoms with E-state index in [1.807, 2.05) is 60.7 Å². The number of rotatable bonds is 5. The molecule has 1 aliphatic rings. The largest absolute Gasteiger partial charge is 0.366 e. The summed E-state index contributed by atoms with van der Waals surface area (Å²) < 4.78 is 4.93. The van der Waals surface area contributed by atoms with Crippen molar-refractivity contribution in [1.29, 1.82) is 0 Å². The van der Waals surface area contributed by atoms with Crippen LogP contribution < -0.4 is 11.1 Å². The van der Waals surface area contributed by atoms with Gasteiger partial charge in [0.05, 0.1) is 16.8 Å². The van der Waals surface area contributed by atoms with Gasteiger partial charge >= 0.3 is 11.6 Å². The lowest BCUT2D eigenvalue weighted by molar-refractivity contribution is -0.140. The van der Waals surface area contributed by atoms with Gasteiger partial charge in [-0.2, -0.15) is 0 Å². The molecule has 0 saturated carbocycles. The molecule has 6 nitrogen and oxygen atoms in total. The van der Waals surface area contributed by atoms with Crippen LogP contribution in [0.5, 0.6) is 0 Å². The summed E-state index contributed by atoms with van der Waals surface area (Å²) in [6.07, 6.45) is 8.55. The Balaban J connectivity index is 1.52. The highest BCUT2D eigenvalue weighted by molar-refractivity contribution is 5.92. The Labute approximate surface area is 166 Å². The number of nitrogens with one attached hydrogen (secondary N) is 2. The third-order valence-electron chi connectivity index (χ3n) is 4.51. The van der Waals surface area contributed by atoms with Crippen LogP contribution in [0.4, 0.5) is 0 Å². The zero-order valence-electron chi connectivity index (χ0n) is 15.4. The summed E-state index contributed by atoms with van der Waals surface area (Å²) in [6, 6.07) is 18.7. The fraction of sp³-hybridized carbons (Fsp3) is 0.0435. The second-order valence-electron chi connectivity index (χ2n) is 6.36. The Morgan fingerprint density at radius 2 is 1.59 bits per heavy atom. The molecule has 3 aromatic rings. The van der Waals surface area contributed by atoms with Crippen LogP contribution in [0.3, 0.4) is 0 Å². The topological polar surface area (TPSA) is 84.3 Å². The first-order chi connectivity index (χ1) is 14.2. The van der Waals surface area contributed by atoms with Gasteiger partial charge in [0.1, 0.15) is 6.04 Å². The van der Waals surface area contributed by atoms with Crippen LogP contribution in [0, 0.1) is 0 Å². The summed E-state index contributed by atoms with van der Waals surface area (Å²) in [5, 5.41) is 2.66. The number of benzene rings is 2. The molecule has 0 radical (unpaired) electrons. The van der Waals surface area contributed by atoms with Crippen molar-refractivity contribution in [2.24, 2.45) is 0 Å². The molecule has 4 rings (SSSR count). The maximum absolute atomic E-state index is 12.0. The van der Waals surface area contributed by atoms with E-state index in [9.17, 15) is 9.59 Å². The van der Waals surface area contributed by atoms with Crippen molar-refractivity contribution < 1.29 is 14.2 Å². The Bertz CT molecular complexity index is 1140. The molecule has 1 atom stereocenters. The Hall–Kier alpha value is -3.90. The van der Waals surface area contributed by atoms with E-state index in [1.54, 1.807) is 30.4 Å². The van der Waals surface area contributed by atoms with E-state index in [4.69, 9.17) is 9.36 Å². The lowest BCUT2D eigenvalue weighted by atomic mass is 10.00. The van der Waals surface area contributed by atoms with Crippen molar-refractivity contribution in [3.8, 4) is 11.3 Å². The molecular weight excluding hydrogens is 368 g/mol. The first-order valence-corrected chi connectivity index (χ1v) is 9.07. The monoisotopic (exact) mass is 386 g/mol. The highest BCUT2D eigenvalue weighted by Gasteiger charge is 2.31. The highest BCUT2D eigenvalue weighted by Crippen LogP contribution is 2.27. The molecule has 1 aliphatic heterocycles. The lowest BCUT2D eigenvalue weighted by Crippen LogP contribution is -2.12. The van der Waals surface area contributed by atoms with E-state index in [2.05, 4.69) is 10.6 Å². The van der Waals surface area contributed by atoms with Gasteiger partial charge in [-0.05, 0) is 17.7 Å². The van der Waals surface area contributed by atoms with Crippen LogP contribution in [0.15, 0.2) is 99.9 Å². The van der Waals surface area contributed by atoms with Crippen molar-refractivity contribution in [2.45, 2.75) is 6.04 Å². The first kappa shape index (κ1) is 18.5. The van der Waals surface area contributed by atoms with Crippen LogP contribution in [-0.4, -0.2) is 11.1 Å². The molecule has 0 aliphatic carbocycles. The van der Waals surface area contributed by atoms with Crippen LogP contribution >= 0.6 is 0 Å². The zero-order valence-corrected chi connectivity index (χ0v) is 15.4. The van der Waals surface area contributed by atoms with E-state index >= 15 is 0 Å². The Kier molecular flexibility index (Phi) is 5.36. The van der Waals surface area contributed by atoms with Gasteiger partial charge in [-0.3, -0.25) is 0 Å². The van der Waals surface area contributed by atoms with E-state index < -0.39 is 11.6 Å². The number of allylic oxidation sites excluding steroid dienone is 4. The minimum atomic E-state index is -0.445. The number of aromatic nitrogens is 1. The van der Waals surface area contributed by atoms with Crippen LogP contribution in [0.1, 0.15) is 17.2 Å². The molecule has 0 amide bonds. The summed E-state index contributed by atoms with van der Waals surface area (Å²) in [5.74, 6) is -0.412. The smallest absolute Gasteiger partial charge is 0.365 e. The second-order valence-corrected chi connectivity index (χ2v) is 6.36. The molecule has 6 heteroatoms. The molecule has 144 valence electrons. The number of aromatic amines is 1. The van der Waals surface area contributed by atoms with Gasteiger partial charge in [0, 0.05) is 5.56 Å². The van der Waals surface area contributed by atoms with Crippen molar-refractivity contribution >= 4 is 12.0 Å². The minimum Gasteiger partial charge on any atom is -0.366 e. The van der Waals surface area contributed by atoms with Crippen LogP contribution in [-0.2, 0) is 9.63 Å². The quantitative estimate of drug-likeness (QED) is 0.513. The number of carbonyl (C=O) groups excluding carboxylic acids is 1. The van der Waals surface area contributed by atoms with E-state index in [0.717, 1.165) is 11.1 Å². The molecule has 1 saturated heterocycles. The summed E-state index contributed by atoms with van der Waals surface area (Å²) in [6.45, 7) is 0. The lowest BCUT2D eigenvalue weighted by Gasteiger charge is -2.07. The second kappa shape index (κ2) is 8.41. The van der Waals surface area contributed by atoms with Gasteiger partial charge in [-0.25, -0.2) is 14.7 Å². The van der Waals surface area contributed by atoms with Gasteiger partial charge < -0.3 is 9.36 Å². The molecule has 29 heavy (non-hydrogen) atoms. The van der Waals surface area contributed by atoms with Gasteiger partial charge in [0.25, 0.3) is 0 Å². The molecule has 1 aromatic heterocycles. The number of H-pyrrole nitrogens is 1. The van der Waals surface area contributed by atoms with Crippen molar-refractivity contribution in [3.05, 3.63) is 112 Å². The molecule has 2 heterocycles. The molecule has 2 N–H and O–H groups in total. The van der Waals surface area contributed by atoms with Crippen LogP contribution in [0.2, 0.25) is 0 Å². The fourth-order valence-corrected chi connectivity index (χ4v) is 3.07. The number of hydroxylamine groups is 1. The maximum atomic E-state index is 12.0. The standard InChI is InChI=1S/C23H18N2O4/c26-22-18(20(24-28-22)16-10-4-1-5-11-16)14-8-3-9-15-19-21(25-29-23(19)27)17-12-6-2-7-13-17/h1-15,20,24-25H/b8-3+,15-9+,18-14-. The molecular formula is C23H18N2O4. The van der Waals surface area contributed by atoms with E-state index in [0.29, 0.717) is 16.8 Å². The third kappa shape index (κ3) is 4.02. The molecule has 0 bridgehead atoms. The zero-order chi connectivity index (χ0) is 20.1. The molecule has 1 fully saturated rings. The Morgan fingerprint density at radius 3 is 2.34 bits per heavy atom. The molecule has 1 unspecified atom stereocenters. The molecule has 0 spiro atoms. The number of hydrogen-bond donors (Lipinski definition) is 2. The first-order valence-electron chi connectivity index (χ1n) is 9.07. The van der Waals surface area contributed by atoms with Gasteiger partial charge in [0.15, 0.2) is 0 Å². The normalized spacial score (nSPS) is 18.1. The highest BCUT2D eigenvalue weighted by atomic mass is 16.7. The molecule has 2 aromatic carbocycles. The third-order valence-corrected chi connectivity index (χ3v) is 4.51. The van der Waals surface area contributed by atoms with Crippen molar-refractivity contribution in [3.63, 3.8) is 0 Å². The summed E-state index contributed by atoms with van der Waals surface area (Å²) >= 11 is 0. The summed E-state index contributed by atoms with van der Waals surface area (Å²) in [4.78, 5) is 28.9. The summed E-state index contributed by atoms with van der Waals surface area (Å²) in [5.41, 5.74) is 5.64. The number of carbonyl (C=O) groups is 1. The van der Waals surface area contributed by atoms with Gasteiger partial charge in [0.2, 0.25) is 0 Å². The maximum Gasteiger partial charge on any atom is 0.365 e. The van der Waals surface area contributed by atoms with E-state index in [1.165, 1.54) is 0 Å². The van der Waals surface area contributed by atoms with Crippen LogP contribution in [0.25, 0.3) is 17.3 Å². The van der Waals surface area contributed by atoms with E-state index in [-0.39, 0.29) is 6.04 Å². The SMILES string of the molecule is O=C1ONC(c2ccccc2)/C1=C/C=C/C=C/c1c(-c2ccccc2)[nH]oc1=O. The van der Waals surface area contributed by atoms with Crippen molar-refractivity contribution in [1.82, 2.24) is 10.6 Å². The Morgan fingerprint density at radius 1 is 0.862 bits per heavy atom. The van der Waals surface area contributed by atoms with Gasteiger partial charge in [-0.1, -0.05) is 78.9 Å².